The van der Waals surface area contributed by atoms with Gasteiger partial charge in [-0.2, -0.15) is 5.10 Å². The fourth-order valence-electron chi connectivity index (χ4n) is 1.82. The van der Waals surface area contributed by atoms with E-state index in [1.807, 2.05) is 38.1 Å². The summed E-state index contributed by atoms with van der Waals surface area (Å²) in [4.78, 5) is 11.8. The second-order valence-electron chi connectivity index (χ2n) is 4.44. The molecule has 5 heteroatoms. The first kappa shape index (κ1) is 15.1. The van der Waals surface area contributed by atoms with Crippen molar-refractivity contribution in [3.8, 4) is 5.69 Å². The van der Waals surface area contributed by atoms with Gasteiger partial charge in [0.15, 0.2) is 0 Å². The topological polar surface area (TPSA) is 46.9 Å². The van der Waals surface area contributed by atoms with Crippen LogP contribution in [0.2, 0.25) is 5.02 Å². The maximum absolute atomic E-state index is 11.8. The molecule has 0 atom stereocenters. The Labute approximate surface area is 128 Å². The Kier molecular flexibility index (Phi) is 4.95. The molecule has 0 saturated heterocycles. The molecule has 0 aliphatic carbocycles. The predicted molar refractivity (Wildman–Crippen MR) is 85.9 cm³/mol. The molecular formula is C16H16ClN3O. The van der Waals surface area contributed by atoms with Crippen LogP contribution in [-0.2, 0) is 4.79 Å². The Morgan fingerprint density at radius 2 is 2.14 bits per heavy atom. The van der Waals surface area contributed by atoms with E-state index in [2.05, 4.69) is 10.4 Å². The fraction of sp³-hybridized carbons (Fsp3) is 0.125. The number of carbonyl (C=O) groups excluding carboxylic acids is 1. The Morgan fingerprint density at radius 3 is 2.86 bits per heavy atom. The van der Waals surface area contributed by atoms with Crippen LogP contribution in [0.5, 0.6) is 0 Å². The van der Waals surface area contributed by atoms with Crippen molar-refractivity contribution in [1.29, 1.82) is 0 Å². The Balaban J connectivity index is 2.27. The van der Waals surface area contributed by atoms with Crippen LogP contribution in [0.1, 0.15) is 12.6 Å². The van der Waals surface area contributed by atoms with Gasteiger partial charge in [0, 0.05) is 17.2 Å². The van der Waals surface area contributed by atoms with Gasteiger partial charge < -0.3 is 5.32 Å². The van der Waals surface area contributed by atoms with Gasteiger partial charge in [-0.15, -0.1) is 0 Å². The molecule has 1 N–H and O–H groups in total. The number of aromatic nitrogens is 2. The molecule has 2 aromatic rings. The minimum atomic E-state index is -0.212. The summed E-state index contributed by atoms with van der Waals surface area (Å²) in [5.41, 5.74) is 1.60. The van der Waals surface area contributed by atoms with E-state index in [0.29, 0.717) is 10.8 Å². The number of carbonyl (C=O) groups is 1. The minimum Gasteiger partial charge on any atom is -0.307 e. The van der Waals surface area contributed by atoms with Crippen LogP contribution in [-0.4, -0.2) is 15.7 Å². The van der Waals surface area contributed by atoms with Crippen molar-refractivity contribution in [2.45, 2.75) is 13.8 Å². The standard InChI is InChI=1S/C16H16ClN3O/c1-3-4-5-9-16(21)18-15-10-12(2)19-20(15)14-8-6-7-13(17)11-14/h3-11H,1-2H3,(H,18,21)/b4-3+,9-5+. The van der Waals surface area contributed by atoms with Crippen LogP contribution < -0.4 is 5.32 Å². The lowest BCUT2D eigenvalue weighted by Gasteiger charge is -2.07. The Bertz CT molecular complexity index is 701. The molecule has 21 heavy (non-hydrogen) atoms. The van der Waals surface area contributed by atoms with Crippen LogP contribution in [0.25, 0.3) is 5.69 Å². The molecule has 0 aliphatic heterocycles. The van der Waals surface area contributed by atoms with Crippen molar-refractivity contribution < 1.29 is 4.79 Å². The second kappa shape index (κ2) is 6.90. The lowest BCUT2D eigenvalue weighted by atomic mass is 10.3. The highest BCUT2D eigenvalue weighted by Gasteiger charge is 2.09. The molecule has 0 aliphatic rings. The Morgan fingerprint density at radius 1 is 1.33 bits per heavy atom. The normalized spacial score (nSPS) is 11.4. The molecule has 1 aromatic carbocycles. The van der Waals surface area contributed by atoms with Gasteiger partial charge >= 0.3 is 0 Å². The van der Waals surface area contributed by atoms with Gasteiger partial charge in [0.2, 0.25) is 5.91 Å². The van der Waals surface area contributed by atoms with E-state index in [9.17, 15) is 4.79 Å². The number of hydrogen-bond donors (Lipinski definition) is 1. The predicted octanol–water partition coefficient (Wildman–Crippen LogP) is 3.90. The number of amides is 1. The summed E-state index contributed by atoms with van der Waals surface area (Å²) in [7, 11) is 0. The first-order valence-electron chi connectivity index (χ1n) is 6.53. The summed E-state index contributed by atoms with van der Waals surface area (Å²) in [5.74, 6) is 0.390. The van der Waals surface area contributed by atoms with Crippen molar-refractivity contribution >= 4 is 23.3 Å². The van der Waals surface area contributed by atoms with Crippen LogP contribution in [0, 0.1) is 6.92 Å². The van der Waals surface area contributed by atoms with Gasteiger partial charge in [-0.3, -0.25) is 4.79 Å². The molecule has 108 valence electrons. The molecule has 0 spiro atoms. The maximum Gasteiger partial charge on any atom is 0.249 e. The first-order chi connectivity index (χ1) is 10.1. The molecule has 0 radical (unpaired) electrons. The van der Waals surface area contributed by atoms with E-state index in [1.165, 1.54) is 6.08 Å². The van der Waals surface area contributed by atoms with E-state index in [0.717, 1.165) is 11.4 Å². The van der Waals surface area contributed by atoms with Crippen molar-refractivity contribution in [1.82, 2.24) is 9.78 Å². The summed E-state index contributed by atoms with van der Waals surface area (Å²) in [5, 5.41) is 7.80. The lowest BCUT2D eigenvalue weighted by molar-refractivity contribution is -0.111. The van der Waals surface area contributed by atoms with E-state index in [4.69, 9.17) is 11.6 Å². The van der Waals surface area contributed by atoms with Gasteiger partial charge in [0.25, 0.3) is 0 Å². The number of nitrogens with zero attached hydrogens (tertiary/aromatic N) is 2. The number of benzene rings is 1. The maximum atomic E-state index is 11.8. The number of hydrogen-bond acceptors (Lipinski definition) is 2. The van der Waals surface area contributed by atoms with Gasteiger partial charge in [-0.05, 0) is 32.0 Å². The summed E-state index contributed by atoms with van der Waals surface area (Å²) in [6.07, 6.45) is 6.79. The number of halogens is 1. The molecule has 1 aromatic heterocycles. The minimum absolute atomic E-state index is 0.212. The molecule has 2 rings (SSSR count). The molecule has 0 fully saturated rings. The molecule has 1 amide bonds. The highest BCUT2D eigenvalue weighted by atomic mass is 35.5. The van der Waals surface area contributed by atoms with E-state index in [-0.39, 0.29) is 5.91 Å². The largest absolute Gasteiger partial charge is 0.307 e. The molecule has 1 heterocycles. The number of nitrogens with one attached hydrogen (secondary N) is 1. The SMILES string of the molecule is C/C=C/C=C/C(=O)Nc1cc(C)nn1-c1cccc(Cl)c1. The highest BCUT2D eigenvalue weighted by molar-refractivity contribution is 6.30. The third-order valence-electron chi connectivity index (χ3n) is 2.69. The third-order valence-corrected chi connectivity index (χ3v) is 2.92. The van der Waals surface area contributed by atoms with Gasteiger partial charge in [-0.1, -0.05) is 35.9 Å². The molecule has 0 unspecified atom stereocenters. The van der Waals surface area contributed by atoms with Crippen LogP contribution in [0.15, 0.2) is 54.6 Å². The van der Waals surface area contributed by atoms with Crippen molar-refractivity contribution in [2.75, 3.05) is 5.32 Å². The molecule has 0 bridgehead atoms. The third kappa shape index (κ3) is 4.07. The first-order valence-corrected chi connectivity index (χ1v) is 6.91. The second-order valence-corrected chi connectivity index (χ2v) is 4.87. The van der Waals surface area contributed by atoms with E-state index in [1.54, 1.807) is 29.0 Å². The van der Waals surface area contributed by atoms with Crippen LogP contribution in [0.3, 0.4) is 0 Å². The average Bonchev–Trinajstić information content (AvgIpc) is 2.80. The number of anilines is 1. The molecular weight excluding hydrogens is 286 g/mol. The zero-order valence-corrected chi connectivity index (χ0v) is 12.6. The lowest BCUT2D eigenvalue weighted by Crippen LogP contribution is -2.12. The molecule has 4 nitrogen and oxygen atoms in total. The quantitative estimate of drug-likeness (QED) is 0.687. The smallest absolute Gasteiger partial charge is 0.249 e. The van der Waals surface area contributed by atoms with E-state index < -0.39 is 0 Å². The zero-order chi connectivity index (χ0) is 15.2. The van der Waals surface area contributed by atoms with Crippen molar-refractivity contribution in [3.05, 3.63) is 65.4 Å². The van der Waals surface area contributed by atoms with Crippen LogP contribution >= 0.6 is 11.6 Å². The zero-order valence-electron chi connectivity index (χ0n) is 11.9. The van der Waals surface area contributed by atoms with Crippen molar-refractivity contribution in [3.63, 3.8) is 0 Å². The number of allylic oxidation sites excluding steroid dienone is 3. The summed E-state index contributed by atoms with van der Waals surface area (Å²) in [6.45, 7) is 3.76. The Hall–Kier alpha value is -2.33. The number of rotatable bonds is 4. The summed E-state index contributed by atoms with van der Waals surface area (Å²) < 4.78 is 1.66. The highest BCUT2D eigenvalue weighted by Crippen LogP contribution is 2.20. The van der Waals surface area contributed by atoms with Crippen LogP contribution in [0.4, 0.5) is 5.82 Å². The van der Waals surface area contributed by atoms with E-state index >= 15 is 0 Å². The van der Waals surface area contributed by atoms with Gasteiger partial charge in [0.1, 0.15) is 5.82 Å². The summed E-state index contributed by atoms with van der Waals surface area (Å²) in [6, 6.07) is 9.11. The fourth-order valence-corrected chi connectivity index (χ4v) is 2.00. The summed E-state index contributed by atoms with van der Waals surface area (Å²) >= 11 is 6.00. The van der Waals surface area contributed by atoms with Crippen molar-refractivity contribution in [2.24, 2.45) is 0 Å². The average molecular weight is 302 g/mol. The van der Waals surface area contributed by atoms with Gasteiger partial charge in [-0.25, -0.2) is 4.68 Å². The molecule has 0 saturated carbocycles. The van der Waals surface area contributed by atoms with Gasteiger partial charge in [0.05, 0.1) is 11.4 Å². The number of aryl methyl sites for hydroxylation is 1. The monoisotopic (exact) mass is 301 g/mol.